The van der Waals surface area contributed by atoms with Crippen LogP contribution in [-0.4, -0.2) is 28.1 Å². The molecule has 0 aromatic rings. The molecule has 1 fully saturated rings. The van der Waals surface area contributed by atoms with Crippen molar-refractivity contribution in [2.75, 3.05) is 0 Å². The number of hydrogen-bond donors (Lipinski definition) is 2. The number of carboxylic acid groups (broad SMARTS) is 1. The van der Waals surface area contributed by atoms with Gasteiger partial charge in [-0.2, -0.15) is 0 Å². The summed E-state index contributed by atoms with van der Waals surface area (Å²) in [5, 5.41) is 19.0. The molecule has 0 aromatic carbocycles. The van der Waals surface area contributed by atoms with E-state index >= 15 is 0 Å². The number of carbonyl (C=O) groups is 2. The molecule has 2 N–H and O–H groups in total. The number of aliphatic hydroxyl groups is 1. The second kappa shape index (κ2) is 12.2. The standard InChI is InChI=1S/C20H34O4/c1-2-3-4-5-6-8-11-16-14-15-18(22)20(16)17(21)12-9-7-10-13-19(23)24/h8,11,16-17,20-21H,2-7,9-10,12-15H2,1H3,(H,23,24). The van der Waals surface area contributed by atoms with E-state index in [0.29, 0.717) is 19.3 Å². The van der Waals surface area contributed by atoms with E-state index in [1.165, 1.54) is 25.7 Å². The van der Waals surface area contributed by atoms with Crippen LogP contribution < -0.4 is 0 Å². The van der Waals surface area contributed by atoms with E-state index in [1.54, 1.807) is 0 Å². The molecule has 1 rings (SSSR count). The van der Waals surface area contributed by atoms with Crippen molar-refractivity contribution in [3.8, 4) is 0 Å². The number of carboxylic acids is 1. The normalized spacial score (nSPS) is 22.3. The van der Waals surface area contributed by atoms with Gasteiger partial charge in [-0.3, -0.25) is 9.59 Å². The summed E-state index contributed by atoms with van der Waals surface area (Å²) in [7, 11) is 0. The molecule has 3 atom stereocenters. The van der Waals surface area contributed by atoms with Gasteiger partial charge < -0.3 is 10.2 Å². The summed E-state index contributed by atoms with van der Waals surface area (Å²) in [5.41, 5.74) is 0. The summed E-state index contributed by atoms with van der Waals surface area (Å²) in [6.45, 7) is 2.20. The molecular formula is C20H34O4. The molecule has 3 unspecified atom stereocenters. The average molecular weight is 338 g/mol. The highest BCUT2D eigenvalue weighted by molar-refractivity contribution is 5.84. The Morgan fingerprint density at radius 1 is 1.21 bits per heavy atom. The minimum atomic E-state index is -0.773. The van der Waals surface area contributed by atoms with Crippen molar-refractivity contribution in [2.45, 2.75) is 90.1 Å². The van der Waals surface area contributed by atoms with Gasteiger partial charge in [0.2, 0.25) is 0 Å². The second-order valence-corrected chi connectivity index (χ2v) is 7.03. The Labute approximate surface area is 146 Å². The van der Waals surface area contributed by atoms with E-state index < -0.39 is 12.1 Å². The van der Waals surface area contributed by atoms with Crippen molar-refractivity contribution < 1.29 is 19.8 Å². The predicted octanol–water partition coefficient (Wildman–Crippen LogP) is 4.50. The van der Waals surface area contributed by atoms with Crippen molar-refractivity contribution >= 4 is 11.8 Å². The highest BCUT2D eigenvalue weighted by atomic mass is 16.4. The van der Waals surface area contributed by atoms with Gasteiger partial charge in [0.25, 0.3) is 0 Å². The van der Waals surface area contributed by atoms with Gasteiger partial charge in [-0.1, -0.05) is 51.2 Å². The van der Waals surface area contributed by atoms with E-state index in [0.717, 1.165) is 25.7 Å². The molecule has 4 nitrogen and oxygen atoms in total. The van der Waals surface area contributed by atoms with Crippen LogP contribution in [0.15, 0.2) is 12.2 Å². The number of aliphatic hydroxyl groups excluding tert-OH is 1. The third kappa shape index (κ3) is 8.09. The number of ketones is 1. The Kier molecular flexibility index (Phi) is 10.6. The smallest absolute Gasteiger partial charge is 0.303 e. The zero-order chi connectivity index (χ0) is 17.8. The molecule has 0 radical (unpaired) electrons. The molecule has 1 saturated carbocycles. The fraction of sp³-hybridized carbons (Fsp3) is 0.800. The first kappa shape index (κ1) is 20.9. The largest absolute Gasteiger partial charge is 0.481 e. The molecular weight excluding hydrogens is 304 g/mol. The lowest BCUT2D eigenvalue weighted by molar-refractivity contribution is -0.137. The van der Waals surface area contributed by atoms with Crippen molar-refractivity contribution in [1.82, 2.24) is 0 Å². The van der Waals surface area contributed by atoms with Crippen molar-refractivity contribution in [3.05, 3.63) is 12.2 Å². The fourth-order valence-corrected chi connectivity index (χ4v) is 3.56. The van der Waals surface area contributed by atoms with E-state index in [2.05, 4.69) is 19.1 Å². The molecule has 1 aliphatic rings. The fourth-order valence-electron chi connectivity index (χ4n) is 3.56. The SMILES string of the molecule is CCCCCCC=CC1CCC(=O)C1C(O)CCCCCC(=O)O. The van der Waals surface area contributed by atoms with Gasteiger partial charge in [0, 0.05) is 18.8 Å². The van der Waals surface area contributed by atoms with Gasteiger partial charge in [0.1, 0.15) is 5.78 Å². The third-order valence-electron chi connectivity index (χ3n) is 4.97. The molecule has 0 bridgehead atoms. The second-order valence-electron chi connectivity index (χ2n) is 7.03. The van der Waals surface area contributed by atoms with E-state index in [-0.39, 0.29) is 24.0 Å². The van der Waals surface area contributed by atoms with Crippen LogP contribution in [0, 0.1) is 11.8 Å². The number of Topliss-reactive ketones (excluding diaryl/α,β-unsaturated/α-hetero) is 1. The first-order chi connectivity index (χ1) is 11.6. The zero-order valence-electron chi connectivity index (χ0n) is 15.1. The van der Waals surface area contributed by atoms with Gasteiger partial charge in [-0.25, -0.2) is 0 Å². The monoisotopic (exact) mass is 338 g/mol. The lowest BCUT2D eigenvalue weighted by atomic mass is 9.87. The van der Waals surface area contributed by atoms with Crippen LogP contribution in [0.1, 0.15) is 84.0 Å². The highest BCUT2D eigenvalue weighted by Crippen LogP contribution is 2.34. The topological polar surface area (TPSA) is 74.6 Å². The minimum absolute atomic E-state index is 0.178. The summed E-state index contributed by atoms with van der Waals surface area (Å²) >= 11 is 0. The Morgan fingerprint density at radius 2 is 1.96 bits per heavy atom. The van der Waals surface area contributed by atoms with Gasteiger partial charge in [-0.15, -0.1) is 0 Å². The molecule has 0 saturated heterocycles. The molecule has 24 heavy (non-hydrogen) atoms. The van der Waals surface area contributed by atoms with Crippen LogP contribution in [0.5, 0.6) is 0 Å². The summed E-state index contributed by atoms with van der Waals surface area (Å²) in [4.78, 5) is 22.6. The number of carbonyl (C=O) groups excluding carboxylic acids is 1. The Morgan fingerprint density at radius 3 is 2.67 bits per heavy atom. The first-order valence-electron chi connectivity index (χ1n) is 9.65. The highest BCUT2D eigenvalue weighted by Gasteiger charge is 2.37. The Balaban J connectivity index is 2.32. The molecule has 0 spiro atoms. The summed E-state index contributed by atoms with van der Waals surface area (Å²) < 4.78 is 0. The summed E-state index contributed by atoms with van der Waals surface area (Å²) in [6, 6.07) is 0. The molecule has 138 valence electrons. The minimum Gasteiger partial charge on any atom is -0.481 e. The molecule has 0 aromatic heterocycles. The predicted molar refractivity (Wildman–Crippen MR) is 95.8 cm³/mol. The van der Waals surface area contributed by atoms with Crippen LogP contribution in [-0.2, 0) is 9.59 Å². The average Bonchev–Trinajstić information content (AvgIpc) is 2.91. The maximum Gasteiger partial charge on any atom is 0.303 e. The van der Waals surface area contributed by atoms with Crippen molar-refractivity contribution in [2.24, 2.45) is 11.8 Å². The van der Waals surface area contributed by atoms with E-state index in [4.69, 9.17) is 5.11 Å². The number of rotatable bonds is 13. The number of hydrogen-bond acceptors (Lipinski definition) is 3. The van der Waals surface area contributed by atoms with Crippen LogP contribution in [0.3, 0.4) is 0 Å². The lowest BCUT2D eigenvalue weighted by Crippen LogP contribution is -2.28. The van der Waals surface area contributed by atoms with Crippen LogP contribution in [0.25, 0.3) is 0 Å². The number of unbranched alkanes of at least 4 members (excludes halogenated alkanes) is 6. The zero-order valence-corrected chi connectivity index (χ0v) is 15.1. The Hall–Kier alpha value is -1.16. The number of aliphatic carboxylic acids is 1. The maximum atomic E-state index is 12.1. The summed E-state index contributed by atoms with van der Waals surface area (Å²) in [6.07, 6.45) is 14.2. The van der Waals surface area contributed by atoms with Crippen molar-refractivity contribution in [3.63, 3.8) is 0 Å². The van der Waals surface area contributed by atoms with Gasteiger partial charge >= 0.3 is 5.97 Å². The van der Waals surface area contributed by atoms with E-state index in [1.807, 2.05) is 0 Å². The molecule has 1 aliphatic carbocycles. The molecule has 0 heterocycles. The summed E-state index contributed by atoms with van der Waals surface area (Å²) in [5.74, 6) is -0.659. The quantitative estimate of drug-likeness (QED) is 0.383. The van der Waals surface area contributed by atoms with E-state index in [9.17, 15) is 14.7 Å². The van der Waals surface area contributed by atoms with Crippen LogP contribution in [0.2, 0.25) is 0 Å². The van der Waals surface area contributed by atoms with Crippen molar-refractivity contribution in [1.29, 1.82) is 0 Å². The van der Waals surface area contributed by atoms with Gasteiger partial charge in [0.15, 0.2) is 0 Å². The third-order valence-corrected chi connectivity index (χ3v) is 4.97. The van der Waals surface area contributed by atoms with Gasteiger partial charge in [0.05, 0.1) is 6.10 Å². The lowest BCUT2D eigenvalue weighted by Gasteiger charge is -2.21. The molecule has 4 heteroatoms. The van der Waals surface area contributed by atoms with Gasteiger partial charge in [-0.05, 0) is 38.0 Å². The maximum absolute atomic E-state index is 12.1. The molecule has 0 amide bonds. The number of allylic oxidation sites excluding steroid dienone is 2. The van der Waals surface area contributed by atoms with Crippen LogP contribution >= 0.6 is 0 Å². The molecule has 0 aliphatic heterocycles. The Bertz CT molecular complexity index is 402. The van der Waals surface area contributed by atoms with Crippen LogP contribution in [0.4, 0.5) is 0 Å². The first-order valence-corrected chi connectivity index (χ1v) is 9.65.